The van der Waals surface area contributed by atoms with Crippen LogP contribution >= 0.6 is 0 Å². The Morgan fingerprint density at radius 3 is 3.09 bits per heavy atom. The summed E-state index contributed by atoms with van der Waals surface area (Å²) >= 11 is 0. The highest BCUT2D eigenvalue weighted by molar-refractivity contribution is 5.76. The van der Waals surface area contributed by atoms with Gasteiger partial charge in [0.05, 0.1) is 12.7 Å². The first-order chi connectivity index (χ1) is 10.6. The summed E-state index contributed by atoms with van der Waals surface area (Å²) in [5, 5.41) is 2.96. The number of nitrogens with one attached hydrogen (secondary N) is 2. The van der Waals surface area contributed by atoms with Crippen LogP contribution in [0.1, 0.15) is 6.42 Å². The topological polar surface area (TPSA) is 102 Å². The first-order valence-electron chi connectivity index (χ1n) is 7.30. The Bertz CT molecular complexity index is 667. The molecule has 1 saturated carbocycles. The molecule has 1 saturated heterocycles. The fourth-order valence-electron chi connectivity index (χ4n) is 3.39. The van der Waals surface area contributed by atoms with Crippen LogP contribution < -0.4 is 16.6 Å². The molecule has 0 bridgehead atoms. The smallest absolute Gasteiger partial charge is 0.328 e. The van der Waals surface area contributed by atoms with E-state index in [0.717, 1.165) is 6.42 Å². The second-order valence-corrected chi connectivity index (χ2v) is 5.74. The van der Waals surface area contributed by atoms with Crippen molar-refractivity contribution in [2.75, 3.05) is 20.3 Å². The number of carbonyl (C=O) groups excluding carboxylic acids is 1. The zero-order valence-electron chi connectivity index (χ0n) is 12.3. The van der Waals surface area contributed by atoms with Crippen LogP contribution in [0, 0.1) is 11.8 Å². The molecule has 1 aromatic rings. The Hall–Kier alpha value is -1.93. The summed E-state index contributed by atoms with van der Waals surface area (Å²) in [7, 11) is 1.63. The molecule has 0 unspecified atom stereocenters. The first-order valence-corrected chi connectivity index (χ1v) is 7.30. The van der Waals surface area contributed by atoms with Gasteiger partial charge in [0.25, 0.3) is 5.56 Å². The monoisotopic (exact) mass is 309 g/mol. The molecule has 0 radical (unpaired) electrons. The van der Waals surface area contributed by atoms with E-state index in [9.17, 15) is 14.4 Å². The van der Waals surface area contributed by atoms with Gasteiger partial charge >= 0.3 is 5.69 Å². The molecule has 1 aromatic heterocycles. The third-order valence-electron chi connectivity index (χ3n) is 4.43. The number of ether oxygens (including phenoxy) is 2. The summed E-state index contributed by atoms with van der Waals surface area (Å²) in [5.41, 5.74) is -1.07. The van der Waals surface area contributed by atoms with Crippen molar-refractivity contribution in [3.8, 4) is 0 Å². The molecule has 8 heteroatoms. The van der Waals surface area contributed by atoms with Crippen LogP contribution in [0.5, 0.6) is 0 Å². The van der Waals surface area contributed by atoms with E-state index in [1.165, 1.54) is 16.8 Å². The molecule has 1 aliphatic carbocycles. The molecule has 1 aliphatic heterocycles. The van der Waals surface area contributed by atoms with Crippen molar-refractivity contribution in [1.82, 2.24) is 14.9 Å². The fourth-order valence-corrected chi connectivity index (χ4v) is 3.39. The number of amides is 1. The molecule has 8 nitrogen and oxygen atoms in total. The Balaban J connectivity index is 1.63. The van der Waals surface area contributed by atoms with Gasteiger partial charge in [0.2, 0.25) is 5.91 Å². The number of hydrogen-bond acceptors (Lipinski definition) is 5. The van der Waals surface area contributed by atoms with Gasteiger partial charge in [-0.25, -0.2) is 4.79 Å². The quantitative estimate of drug-likeness (QED) is 0.704. The number of fused-ring (bicyclic) bond motifs is 1. The maximum absolute atomic E-state index is 12.1. The molecule has 22 heavy (non-hydrogen) atoms. The van der Waals surface area contributed by atoms with E-state index >= 15 is 0 Å². The zero-order chi connectivity index (χ0) is 15.7. The lowest BCUT2D eigenvalue weighted by molar-refractivity contribution is -0.130. The molecule has 3 rings (SSSR count). The standard InChI is InChI=1S/C14H19N3O5/c1-21-7-9-12(8-3-5-22-13(8)9)15-11(19)6-17-4-2-10(18)16-14(17)20/h2,4,8-9,12-13H,3,5-7H2,1H3,(H,15,19)(H,16,18,20)/t8-,9+,12+,13-/m1/s1. The molecular weight excluding hydrogens is 290 g/mol. The van der Waals surface area contributed by atoms with E-state index in [1.54, 1.807) is 7.11 Å². The number of methoxy groups -OCH3 is 1. The minimum absolute atomic E-state index is 0.0124. The lowest BCUT2D eigenvalue weighted by atomic mass is 9.67. The maximum atomic E-state index is 12.1. The maximum Gasteiger partial charge on any atom is 0.328 e. The van der Waals surface area contributed by atoms with E-state index in [0.29, 0.717) is 19.1 Å². The van der Waals surface area contributed by atoms with Gasteiger partial charge in [-0.2, -0.15) is 0 Å². The lowest BCUT2D eigenvalue weighted by Crippen LogP contribution is -2.63. The molecule has 2 aliphatic rings. The second kappa shape index (κ2) is 6.05. The molecule has 4 atom stereocenters. The lowest BCUT2D eigenvalue weighted by Gasteiger charge is -2.47. The number of aromatic nitrogens is 2. The predicted octanol–water partition coefficient (Wildman–Crippen LogP) is -1.30. The van der Waals surface area contributed by atoms with Gasteiger partial charge in [-0.1, -0.05) is 0 Å². The number of rotatable bonds is 5. The van der Waals surface area contributed by atoms with E-state index < -0.39 is 11.2 Å². The van der Waals surface area contributed by atoms with Crippen LogP contribution in [-0.2, 0) is 20.8 Å². The van der Waals surface area contributed by atoms with E-state index in [-0.39, 0.29) is 30.5 Å². The van der Waals surface area contributed by atoms with Gasteiger partial charge in [0.15, 0.2) is 0 Å². The van der Waals surface area contributed by atoms with Gasteiger partial charge < -0.3 is 14.8 Å². The average Bonchev–Trinajstić information content (AvgIpc) is 2.90. The van der Waals surface area contributed by atoms with Crippen molar-refractivity contribution in [3.05, 3.63) is 33.1 Å². The summed E-state index contributed by atoms with van der Waals surface area (Å²) in [6.07, 6.45) is 2.39. The highest BCUT2D eigenvalue weighted by atomic mass is 16.5. The van der Waals surface area contributed by atoms with E-state index in [4.69, 9.17) is 9.47 Å². The number of hydrogen-bond donors (Lipinski definition) is 2. The minimum atomic E-state index is -0.591. The first kappa shape index (κ1) is 15.0. The van der Waals surface area contributed by atoms with Crippen molar-refractivity contribution in [1.29, 1.82) is 0 Å². The summed E-state index contributed by atoms with van der Waals surface area (Å²) < 4.78 is 12.0. The predicted molar refractivity (Wildman–Crippen MR) is 76.5 cm³/mol. The van der Waals surface area contributed by atoms with Crippen LogP contribution in [-0.4, -0.2) is 47.9 Å². The third kappa shape index (κ3) is 2.71. The van der Waals surface area contributed by atoms with Crippen molar-refractivity contribution in [3.63, 3.8) is 0 Å². The van der Waals surface area contributed by atoms with E-state index in [2.05, 4.69) is 10.3 Å². The number of carbonyl (C=O) groups is 1. The Labute approximate surface area is 126 Å². The number of aromatic amines is 1. The molecule has 120 valence electrons. The van der Waals surface area contributed by atoms with Gasteiger partial charge in [0.1, 0.15) is 6.54 Å². The largest absolute Gasteiger partial charge is 0.384 e. The van der Waals surface area contributed by atoms with Crippen molar-refractivity contribution in [2.45, 2.75) is 25.1 Å². The molecule has 2 fully saturated rings. The third-order valence-corrected chi connectivity index (χ3v) is 4.43. The highest BCUT2D eigenvalue weighted by Gasteiger charge is 2.54. The SMILES string of the molecule is COC[C@H]1[C@@H](NC(=O)Cn2ccc(=O)[nH]c2=O)[C@H]2CCO[C@H]21. The Morgan fingerprint density at radius 2 is 2.36 bits per heavy atom. The number of H-pyrrole nitrogens is 1. The highest BCUT2D eigenvalue weighted by Crippen LogP contribution is 2.43. The summed E-state index contributed by atoms with van der Waals surface area (Å²) in [6.45, 7) is 1.12. The van der Waals surface area contributed by atoms with E-state index in [1.807, 2.05) is 0 Å². The molecular formula is C14H19N3O5. The van der Waals surface area contributed by atoms with Crippen molar-refractivity contribution >= 4 is 5.91 Å². The van der Waals surface area contributed by atoms with Crippen LogP contribution in [0.25, 0.3) is 0 Å². The van der Waals surface area contributed by atoms with Gasteiger partial charge in [0, 0.05) is 43.9 Å². The summed E-state index contributed by atoms with van der Waals surface area (Å²) in [5.74, 6) is 0.204. The molecule has 2 heterocycles. The van der Waals surface area contributed by atoms with Gasteiger partial charge in [-0.05, 0) is 6.42 Å². The van der Waals surface area contributed by atoms with Crippen LogP contribution in [0.15, 0.2) is 21.9 Å². The fraction of sp³-hybridized carbons (Fsp3) is 0.643. The summed E-state index contributed by atoms with van der Waals surface area (Å²) in [6, 6.07) is 1.23. The summed E-state index contributed by atoms with van der Waals surface area (Å²) in [4.78, 5) is 36.9. The van der Waals surface area contributed by atoms with Crippen LogP contribution in [0.3, 0.4) is 0 Å². The zero-order valence-corrected chi connectivity index (χ0v) is 12.3. The molecule has 1 amide bonds. The minimum Gasteiger partial charge on any atom is -0.384 e. The Kier molecular flexibility index (Phi) is 4.12. The van der Waals surface area contributed by atoms with Gasteiger partial charge in [-0.15, -0.1) is 0 Å². The molecule has 0 aromatic carbocycles. The molecule has 0 spiro atoms. The van der Waals surface area contributed by atoms with Crippen molar-refractivity contribution < 1.29 is 14.3 Å². The number of nitrogens with zero attached hydrogens (tertiary/aromatic N) is 1. The molecule has 2 N–H and O–H groups in total. The Morgan fingerprint density at radius 1 is 1.55 bits per heavy atom. The van der Waals surface area contributed by atoms with Gasteiger partial charge in [-0.3, -0.25) is 19.1 Å². The average molecular weight is 309 g/mol. The second-order valence-electron chi connectivity index (χ2n) is 5.74. The van der Waals surface area contributed by atoms with Crippen LogP contribution in [0.4, 0.5) is 0 Å². The normalized spacial score (nSPS) is 29.7. The van der Waals surface area contributed by atoms with Crippen molar-refractivity contribution in [2.24, 2.45) is 11.8 Å². The van der Waals surface area contributed by atoms with Crippen LogP contribution in [0.2, 0.25) is 0 Å².